The molecule has 0 saturated heterocycles. The Labute approximate surface area is 165 Å². The Kier molecular flexibility index (Phi) is 5.90. The highest BCUT2D eigenvalue weighted by Crippen LogP contribution is 2.25. The van der Waals surface area contributed by atoms with E-state index in [1.807, 2.05) is 49.8 Å². The van der Waals surface area contributed by atoms with Crippen LogP contribution in [0.15, 0.2) is 55.1 Å². The first-order valence-electron chi connectivity index (χ1n) is 9.37. The van der Waals surface area contributed by atoms with Gasteiger partial charge >= 0.3 is 0 Å². The lowest BCUT2D eigenvalue weighted by atomic mass is 9.96. The molecular weight excluding hydrogens is 352 g/mol. The highest BCUT2D eigenvalue weighted by atomic mass is 16.3. The van der Waals surface area contributed by atoms with Gasteiger partial charge in [-0.15, -0.1) is 0 Å². The topological polar surface area (TPSA) is 80.0 Å². The van der Waals surface area contributed by atoms with Crippen molar-refractivity contribution < 1.29 is 9.90 Å². The number of benzene rings is 1. The maximum Gasteiger partial charge on any atom is 0.251 e. The zero-order chi connectivity index (χ0) is 20.1. The summed E-state index contributed by atoms with van der Waals surface area (Å²) in [6.07, 6.45) is 9.01. The van der Waals surface area contributed by atoms with Crippen LogP contribution in [0.2, 0.25) is 0 Å². The standard InChI is InChI=1S/C22H26N4O2/c1-22(2,28)20-11-19(13-23-14-20)17-6-8-18(9-7-17)21(27)24-10-4-5-16-12-25-26(3)15-16/h6-9,11-15,28H,4-5,10H2,1-3H3,(H,24,27). The van der Waals surface area contributed by atoms with E-state index in [2.05, 4.69) is 15.4 Å². The lowest BCUT2D eigenvalue weighted by molar-refractivity contribution is 0.0782. The van der Waals surface area contributed by atoms with E-state index in [1.54, 1.807) is 30.9 Å². The molecule has 0 atom stereocenters. The molecule has 0 bridgehead atoms. The number of nitrogens with one attached hydrogen (secondary N) is 1. The van der Waals surface area contributed by atoms with Gasteiger partial charge in [0.2, 0.25) is 0 Å². The molecule has 146 valence electrons. The van der Waals surface area contributed by atoms with E-state index >= 15 is 0 Å². The molecule has 2 aromatic heterocycles. The Bertz CT molecular complexity index is 940. The molecule has 6 heteroatoms. The van der Waals surface area contributed by atoms with Crippen LogP contribution >= 0.6 is 0 Å². The zero-order valence-corrected chi connectivity index (χ0v) is 16.5. The van der Waals surface area contributed by atoms with E-state index in [0.717, 1.165) is 29.5 Å². The van der Waals surface area contributed by atoms with Crippen molar-refractivity contribution in [3.8, 4) is 11.1 Å². The number of carbonyl (C=O) groups excluding carboxylic acids is 1. The summed E-state index contributed by atoms with van der Waals surface area (Å²) in [7, 11) is 1.89. The van der Waals surface area contributed by atoms with E-state index in [9.17, 15) is 9.90 Å². The fourth-order valence-corrected chi connectivity index (χ4v) is 2.94. The monoisotopic (exact) mass is 378 g/mol. The highest BCUT2D eigenvalue weighted by molar-refractivity contribution is 5.94. The van der Waals surface area contributed by atoms with Crippen molar-refractivity contribution in [3.63, 3.8) is 0 Å². The van der Waals surface area contributed by atoms with Gasteiger partial charge in [-0.1, -0.05) is 12.1 Å². The number of amides is 1. The molecule has 3 aromatic rings. The molecule has 3 rings (SSSR count). The van der Waals surface area contributed by atoms with Crippen molar-refractivity contribution in [2.75, 3.05) is 6.54 Å². The molecule has 0 unspecified atom stereocenters. The number of rotatable bonds is 7. The summed E-state index contributed by atoms with van der Waals surface area (Å²) < 4.78 is 1.78. The van der Waals surface area contributed by atoms with Gasteiger partial charge in [0.1, 0.15) is 0 Å². The second-order valence-electron chi connectivity index (χ2n) is 7.48. The smallest absolute Gasteiger partial charge is 0.251 e. The van der Waals surface area contributed by atoms with E-state index in [1.165, 1.54) is 5.56 Å². The van der Waals surface area contributed by atoms with Crippen LogP contribution in [-0.2, 0) is 19.1 Å². The van der Waals surface area contributed by atoms with Gasteiger partial charge in [0, 0.05) is 48.9 Å². The van der Waals surface area contributed by atoms with Crippen molar-refractivity contribution in [1.82, 2.24) is 20.1 Å². The molecule has 1 aromatic carbocycles. The summed E-state index contributed by atoms with van der Waals surface area (Å²) in [6.45, 7) is 4.08. The maximum atomic E-state index is 12.3. The SMILES string of the molecule is Cn1cc(CCCNC(=O)c2ccc(-c3cncc(C(C)(C)O)c3)cc2)cn1. The van der Waals surface area contributed by atoms with Crippen molar-refractivity contribution >= 4 is 5.91 Å². The third-order valence-corrected chi connectivity index (χ3v) is 4.61. The summed E-state index contributed by atoms with van der Waals surface area (Å²) in [4.78, 5) is 16.5. The number of pyridine rings is 1. The molecule has 0 fully saturated rings. The predicted molar refractivity (Wildman–Crippen MR) is 109 cm³/mol. The molecular formula is C22H26N4O2. The lowest BCUT2D eigenvalue weighted by Gasteiger charge is -2.18. The van der Waals surface area contributed by atoms with Gasteiger partial charge in [-0.3, -0.25) is 14.5 Å². The van der Waals surface area contributed by atoms with Gasteiger partial charge in [-0.2, -0.15) is 5.10 Å². The minimum atomic E-state index is -0.946. The number of aromatic nitrogens is 3. The minimum Gasteiger partial charge on any atom is -0.386 e. The number of aryl methyl sites for hydroxylation is 2. The van der Waals surface area contributed by atoms with E-state index in [-0.39, 0.29) is 5.91 Å². The van der Waals surface area contributed by atoms with Gasteiger partial charge < -0.3 is 10.4 Å². The first kappa shape index (κ1) is 19.8. The first-order chi connectivity index (χ1) is 13.3. The van der Waals surface area contributed by atoms with Gasteiger partial charge in [0.25, 0.3) is 5.91 Å². The van der Waals surface area contributed by atoms with Crippen LogP contribution < -0.4 is 5.32 Å². The highest BCUT2D eigenvalue weighted by Gasteiger charge is 2.17. The van der Waals surface area contributed by atoms with Crippen molar-refractivity contribution in [3.05, 3.63) is 71.8 Å². The molecule has 0 aliphatic carbocycles. The number of hydrogen-bond donors (Lipinski definition) is 2. The quantitative estimate of drug-likeness (QED) is 0.619. The maximum absolute atomic E-state index is 12.3. The van der Waals surface area contributed by atoms with Gasteiger partial charge in [0.15, 0.2) is 0 Å². The molecule has 2 N–H and O–H groups in total. The summed E-state index contributed by atoms with van der Waals surface area (Å²) in [5.41, 5.74) is 3.45. The van der Waals surface area contributed by atoms with Gasteiger partial charge in [-0.25, -0.2) is 0 Å². The molecule has 6 nitrogen and oxygen atoms in total. The van der Waals surface area contributed by atoms with Crippen molar-refractivity contribution in [2.24, 2.45) is 7.05 Å². The van der Waals surface area contributed by atoms with Crippen LogP contribution in [0.5, 0.6) is 0 Å². The molecule has 0 aliphatic heterocycles. The molecule has 1 amide bonds. The average Bonchev–Trinajstić information content (AvgIpc) is 3.10. The lowest BCUT2D eigenvalue weighted by Crippen LogP contribution is -2.24. The largest absolute Gasteiger partial charge is 0.386 e. The molecule has 28 heavy (non-hydrogen) atoms. The van der Waals surface area contributed by atoms with E-state index in [4.69, 9.17) is 0 Å². The zero-order valence-electron chi connectivity index (χ0n) is 16.5. The third kappa shape index (κ3) is 5.04. The summed E-state index contributed by atoms with van der Waals surface area (Å²) in [5.74, 6) is -0.0823. The first-order valence-corrected chi connectivity index (χ1v) is 9.37. The third-order valence-electron chi connectivity index (χ3n) is 4.61. The second kappa shape index (κ2) is 8.35. The van der Waals surface area contributed by atoms with Crippen LogP contribution in [0.4, 0.5) is 0 Å². The minimum absolute atomic E-state index is 0.0823. The van der Waals surface area contributed by atoms with E-state index < -0.39 is 5.60 Å². The fourth-order valence-electron chi connectivity index (χ4n) is 2.94. The molecule has 0 aliphatic rings. The van der Waals surface area contributed by atoms with Crippen molar-refractivity contribution in [1.29, 1.82) is 0 Å². The van der Waals surface area contributed by atoms with Gasteiger partial charge in [-0.05, 0) is 56.0 Å². The Morgan fingerprint density at radius 1 is 1.14 bits per heavy atom. The number of nitrogens with zero attached hydrogens (tertiary/aromatic N) is 3. The summed E-state index contributed by atoms with van der Waals surface area (Å²) in [6, 6.07) is 9.33. The molecule has 0 spiro atoms. The molecule has 0 saturated carbocycles. The normalized spacial score (nSPS) is 11.4. The number of hydrogen-bond acceptors (Lipinski definition) is 4. The predicted octanol–water partition coefficient (Wildman–Crippen LogP) is 3.07. The van der Waals surface area contributed by atoms with Crippen LogP contribution in [0, 0.1) is 0 Å². The van der Waals surface area contributed by atoms with Crippen LogP contribution in [-0.4, -0.2) is 32.3 Å². The van der Waals surface area contributed by atoms with Crippen molar-refractivity contribution in [2.45, 2.75) is 32.3 Å². The Morgan fingerprint density at radius 3 is 2.54 bits per heavy atom. The average molecular weight is 378 g/mol. The van der Waals surface area contributed by atoms with Crippen LogP contribution in [0.25, 0.3) is 11.1 Å². The Balaban J connectivity index is 1.57. The molecule has 2 heterocycles. The van der Waals surface area contributed by atoms with E-state index in [0.29, 0.717) is 12.1 Å². The Hall–Kier alpha value is -2.99. The van der Waals surface area contributed by atoms with Gasteiger partial charge in [0.05, 0.1) is 11.8 Å². The second-order valence-corrected chi connectivity index (χ2v) is 7.48. The Morgan fingerprint density at radius 2 is 1.89 bits per heavy atom. The number of aliphatic hydroxyl groups is 1. The van der Waals surface area contributed by atoms with Crippen LogP contribution in [0.1, 0.15) is 41.8 Å². The summed E-state index contributed by atoms with van der Waals surface area (Å²) >= 11 is 0. The molecule has 0 radical (unpaired) electrons. The number of carbonyl (C=O) groups is 1. The van der Waals surface area contributed by atoms with Crippen LogP contribution in [0.3, 0.4) is 0 Å². The summed E-state index contributed by atoms with van der Waals surface area (Å²) in [5, 5.41) is 17.3. The fraction of sp³-hybridized carbons (Fsp3) is 0.318.